The number of methoxy groups -OCH3 is 1. The number of nitrogens with zero attached hydrogens (tertiary/aromatic N) is 3. The fourth-order valence-electron chi connectivity index (χ4n) is 3.47. The van der Waals surface area contributed by atoms with Crippen molar-refractivity contribution in [3.8, 4) is 11.6 Å². The van der Waals surface area contributed by atoms with Crippen LogP contribution in [0.15, 0.2) is 87.9 Å². The third kappa shape index (κ3) is 6.08. The van der Waals surface area contributed by atoms with Crippen LogP contribution in [0, 0.1) is 0 Å². The molecule has 4 rings (SSSR count). The quantitative estimate of drug-likeness (QED) is 0.212. The number of aromatic hydroxyl groups is 1. The number of nitrogens with one attached hydrogen (secondary N) is 1. The first-order valence-electron chi connectivity index (χ1n) is 11.0. The molecule has 0 radical (unpaired) electrons. The van der Waals surface area contributed by atoms with Crippen LogP contribution in [-0.2, 0) is 19.6 Å². The number of para-hydroxylation sites is 1. The van der Waals surface area contributed by atoms with E-state index in [-0.39, 0.29) is 22.2 Å². The number of H-pyrrole nitrogens is 1. The Bertz CT molecular complexity index is 1520. The first-order valence-corrected chi connectivity index (χ1v) is 12.9. The number of fused-ring (bicyclic) bond motifs is 1. The number of sulfonamides is 1. The average molecular weight is 543 g/mol. The molecule has 12 heteroatoms. The van der Waals surface area contributed by atoms with E-state index in [1.807, 2.05) is 0 Å². The van der Waals surface area contributed by atoms with Gasteiger partial charge in [0, 0.05) is 17.5 Å². The van der Waals surface area contributed by atoms with Gasteiger partial charge in [-0.1, -0.05) is 29.8 Å². The number of azo groups is 1. The van der Waals surface area contributed by atoms with Crippen LogP contribution in [0.25, 0.3) is 10.9 Å². The van der Waals surface area contributed by atoms with Crippen molar-refractivity contribution in [2.24, 2.45) is 10.2 Å². The van der Waals surface area contributed by atoms with E-state index < -0.39 is 22.5 Å². The normalized spacial score (nSPS) is 11.7. The molecule has 0 saturated heterocycles. The second-order valence-electron chi connectivity index (χ2n) is 7.76. The summed E-state index contributed by atoms with van der Waals surface area (Å²) in [6.07, 6.45) is 0. The summed E-state index contributed by atoms with van der Waals surface area (Å²) in [6.45, 7) is 0.0606. The number of halogens is 1. The van der Waals surface area contributed by atoms with Gasteiger partial charge < -0.3 is 19.6 Å². The Morgan fingerprint density at radius 3 is 2.43 bits per heavy atom. The van der Waals surface area contributed by atoms with Crippen molar-refractivity contribution in [3.05, 3.63) is 77.8 Å². The molecule has 0 atom stereocenters. The number of carbonyl (C=O) groups excluding carboxylic acids is 1. The second-order valence-corrected chi connectivity index (χ2v) is 10.1. The van der Waals surface area contributed by atoms with Crippen molar-refractivity contribution in [1.82, 2.24) is 4.98 Å². The summed E-state index contributed by atoms with van der Waals surface area (Å²) in [6, 6.07) is 18.8. The van der Waals surface area contributed by atoms with Crippen molar-refractivity contribution < 1.29 is 27.8 Å². The number of hydrogen-bond acceptors (Lipinski definition) is 7. The van der Waals surface area contributed by atoms with Crippen LogP contribution in [0.4, 0.5) is 11.4 Å². The molecule has 4 aromatic rings. The zero-order valence-corrected chi connectivity index (χ0v) is 21.2. The largest absolute Gasteiger partial charge is 0.493 e. The number of rotatable bonds is 10. The monoisotopic (exact) mass is 542 g/mol. The topological polar surface area (TPSA) is 134 Å². The molecule has 10 nitrogen and oxygen atoms in total. The van der Waals surface area contributed by atoms with Gasteiger partial charge in [-0.25, -0.2) is 8.42 Å². The summed E-state index contributed by atoms with van der Waals surface area (Å²) in [5.41, 5.74) is 0.902. The minimum atomic E-state index is -4.19. The highest BCUT2D eigenvalue weighted by atomic mass is 35.5. The number of benzene rings is 3. The van der Waals surface area contributed by atoms with Gasteiger partial charge in [0.25, 0.3) is 15.9 Å². The first-order chi connectivity index (χ1) is 17.8. The number of carbonyl (C=O) groups is 1. The lowest BCUT2D eigenvalue weighted by Crippen LogP contribution is -2.35. The van der Waals surface area contributed by atoms with E-state index in [2.05, 4.69) is 15.2 Å². The van der Waals surface area contributed by atoms with Crippen LogP contribution in [0.3, 0.4) is 0 Å². The maximum absolute atomic E-state index is 13.5. The summed E-state index contributed by atoms with van der Waals surface area (Å²) in [5.74, 6) is -0.632. The van der Waals surface area contributed by atoms with Crippen LogP contribution in [0.5, 0.6) is 11.6 Å². The van der Waals surface area contributed by atoms with Crippen molar-refractivity contribution >= 4 is 49.8 Å². The van der Waals surface area contributed by atoms with E-state index in [9.17, 15) is 18.3 Å². The van der Waals surface area contributed by atoms with Crippen LogP contribution in [0.2, 0.25) is 5.02 Å². The molecule has 0 spiro atoms. The predicted octanol–water partition coefficient (Wildman–Crippen LogP) is 5.06. The number of anilines is 1. The number of aromatic nitrogens is 1. The number of aromatic amines is 1. The van der Waals surface area contributed by atoms with Gasteiger partial charge in [-0.05, 0) is 54.6 Å². The van der Waals surface area contributed by atoms with Gasteiger partial charge >= 0.3 is 0 Å². The lowest BCUT2D eigenvalue weighted by atomic mass is 10.2. The molecule has 37 heavy (non-hydrogen) atoms. The van der Waals surface area contributed by atoms with E-state index in [1.165, 1.54) is 48.5 Å². The van der Waals surface area contributed by atoms with E-state index in [0.29, 0.717) is 34.9 Å². The molecule has 0 saturated carbocycles. The van der Waals surface area contributed by atoms with Crippen molar-refractivity contribution in [3.63, 3.8) is 0 Å². The second kappa shape index (κ2) is 11.4. The number of amides is 1. The zero-order valence-electron chi connectivity index (χ0n) is 19.7. The zero-order chi connectivity index (χ0) is 26.4. The Labute approximate surface area is 218 Å². The average Bonchev–Trinajstić information content (AvgIpc) is 3.22. The Morgan fingerprint density at radius 2 is 1.73 bits per heavy atom. The van der Waals surface area contributed by atoms with Crippen molar-refractivity contribution in [1.29, 1.82) is 0 Å². The van der Waals surface area contributed by atoms with Crippen LogP contribution < -0.4 is 9.04 Å². The summed E-state index contributed by atoms with van der Waals surface area (Å²) in [4.78, 5) is 15.5. The van der Waals surface area contributed by atoms with Gasteiger partial charge in [0.2, 0.25) is 5.88 Å². The van der Waals surface area contributed by atoms with Gasteiger partial charge in [-0.15, -0.1) is 10.2 Å². The highest BCUT2D eigenvalue weighted by Crippen LogP contribution is 2.35. The Kier molecular flexibility index (Phi) is 8.07. The molecule has 0 aliphatic heterocycles. The Morgan fingerprint density at radius 1 is 1.03 bits per heavy atom. The minimum Gasteiger partial charge on any atom is -0.493 e. The van der Waals surface area contributed by atoms with Gasteiger partial charge in [0.1, 0.15) is 18.9 Å². The SMILES string of the molecule is COCCOc1ccc(S(=O)(=O)N(CC(=O)N=Nc2c(O)[nH]c3ccccc23)c2ccc(Cl)cc2)cc1. The first kappa shape index (κ1) is 26.1. The van der Waals surface area contributed by atoms with E-state index in [1.54, 1.807) is 31.4 Å². The minimum absolute atomic E-state index is 0.0550. The maximum atomic E-state index is 13.5. The van der Waals surface area contributed by atoms with Crippen LogP contribution in [0.1, 0.15) is 0 Å². The molecule has 0 unspecified atom stereocenters. The summed E-state index contributed by atoms with van der Waals surface area (Å²) < 4.78 is 38.4. The molecule has 0 aliphatic carbocycles. The van der Waals surface area contributed by atoms with Crippen molar-refractivity contribution in [2.75, 3.05) is 31.2 Å². The van der Waals surface area contributed by atoms with E-state index in [4.69, 9.17) is 21.1 Å². The van der Waals surface area contributed by atoms with Gasteiger partial charge in [-0.2, -0.15) is 0 Å². The molecule has 192 valence electrons. The standard InChI is InChI=1S/C25H23ClN4O6S/c1-35-14-15-36-19-10-12-20(13-11-19)37(33,34)30(18-8-6-17(26)7-9-18)16-23(31)28-29-24-21-4-2-3-5-22(21)27-25(24)32/h2-13,27,32H,14-16H2,1H3. The lowest BCUT2D eigenvalue weighted by molar-refractivity contribution is -0.116. The summed E-state index contributed by atoms with van der Waals surface area (Å²) in [7, 11) is -2.64. The third-order valence-corrected chi connectivity index (χ3v) is 7.32. The molecule has 3 aromatic carbocycles. The molecular formula is C25H23ClN4O6S. The van der Waals surface area contributed by atoms with E-state index >= 15 is 0 Å². The van der Waals surface area contributed by atoms with E-state index in [0.717, 1.165) is 4.31 Å². The smallest absolute Gasteiger partial charge is 0.285 e. The highest BCUT2D eigenvalue weighted by molar-refractivity contribution is 7.92. The maximum Gasteiger partial charge on any atom is 0.285 e. The molecule has 2 N–H and O–H groups in total. The van der Waals surface area contributed by atoms with Crippen LogP contribution in [-0.4, -0.2) is 51.3 Å². The van der Waals surface area contributed by atoms with Crippen LogP contribution >= 0.6 is 11.6 Å². The third-order valence-electron chi connectivity index (χ3n) is 5.28. The molecule has 0 aliphatic rings. The highest BCUT2D eigenvalue weighted by Gasteiger charge is 2.27. The molecule has 0 bridgehead atoms. The fourth-order valence-corrected chi connectivity index (χ4v) is 5.01. The molecule has 1 amide bonds. The molecular weight excluding hydrogens is 520 g/mol. The summed E-state index contributed by atoms with van der Waals surface area (Å²) in [5, 5.41) is 18.7. The fraction of sp³-hybridized carbons (Fsp3) is 0.160. The molecule has 1 heterocycles. The molecule has 1 aromatic heterocycles. The number of ether oxygens (including phenoxy) is 2. The Hall–Kier alpha value is -3.93. The molecule has 0 fully saturated rings. The Balaban J connectivity index is 1.61. The van der Waals surface area contributed by atoms with Gasteiger partial charge in [0.05, 0.1) is 22.7 Å². The van der Waals surface area contributed by atoms with Gasteiger partial charge in [-0.3, -0.25) is 9.10 Å². The lowest BCUT2D eigenvalue weighted by Gasteiger charge is -2.23. The predicted molar refractivity (Wildman–Crippen MR) is 139 cm³/mol. The van der Waals surface area contributed by atoms with Gasteiger partial charge in [0.15, 0.2) is 5.69 Å². The number of hydrogen-bond donors (Lipinski definition) is 2. The van der Waals surface area contributed by atoms with Crippen molar-refractivity contribution in [2.45, 2.75) is 4.90 Å². The summed E-state index contributed by atoms with van der Waals surface area (Å²) >= 11 is 5.97.